The van der Waals surface area contributed by atoms with Crippen LogP contribution in [0, 0.1) is 0 Å². The van der Waals surface area contributed by atoms with E-state index in [4.69, 9.17) is 10.4 Å². The lowest BCUT2D eigenvalue weighted by atomic mass is 9.99. The number of hydrogen-bond donors (Lipinski definition) is 3. The Morgan fingerprint density at radius 3 is 2.24 bits per heavy atom. The van der Waals surface area contributed by atoms with E-state index in [1.54, 1.807) is 24.5 Å². The summed E-state index contributed by atoms with van der Waals surface area (Å²) in [6, 6.07) is 19.6. The number of nitrogens with one attached hydrogen (secondary N) is 1. The highest BCUT2D eigenvalue weighted by atomic mass is 16.5. The lowest BCUT2D eigenvalue weighted by Gasteiger charge is -2.19. The Morgan fingerprint density at radius 1 is 0.927 bits per heavy atom. The Morgan fingerprint density at radius 2 is 1.59 bits per heavy atom. The highest BCUT2D eigenvalue weighted by molar-refractivity contribution is 6.06. The summed E-state index contributed by atoms with van der Waals surface area (Å²) >= 11 is 0. The van der Waals surface area contributed by atoms with Crippen LogP contribution in [0.4, 0.5) is 0 Å². The van der Waals surface area contributed by atoms with Gasteiger partial charge in [-0.15, -0.1) is 0 Å². The molecule has 5 aromatic rings. The van der Waals surface area contributed by atoms with Gasteiger partial charge in [0.05, 0.1) is 16.8 Å². The van der Waals surface area contributed by atoms with E-state index in [9.17, 15) is 19.5 Å². The Labute approximate surface area is 233 Å². The second-order valence-corrected chi connectivity index (χ2v) is 9.65. The van der Waals surface area contributed by atoms with Crippen LogP contribution < -0.4 is 11.3 Å². The van der Waals surface area contributed by atoms with Gasteiger partial charge in [-0.2, -0.15) is 0 Å². The van der Waals surface area contributed by atoms with Crippen molar-refractivity contribution >= 4 is 28.7 Å². The first-order valence-corrected chi connectivity index (χ1v) is 12.9. The number of carboxylic acids is 1. The first-order chi connectivity index (χ1) is 19.9. The van der Waals surface area contributed by atoms with Crippen LogP contribution in [0.25, 0.3) is 44.5 Å². The van der Waals surface area contributed by atoms with E-state index in [0.29, 0.717) is 47.2 Å². The zero-order valence-corrected chi connectivity index (χ0v) is 21.7. The number of benzene rings is 2. The largest absolute Gasteiger partial charge is 0.480 e. The molecule has 1 aliphatic heterocycles. The van der Waals surface area contributed by atoms with E-state index >= 15 is 0 Å². The van der Waals surface area contributed by atoms with Gasteiger partial charge < -0.3 is 14.5 Å². The number of rotatable bonds is 6. The fraction of sp³-hybridized carbons (Fsp3) is 0.133. The number of aliphatic carboxylic acids is 1. The minimum atomic E-state index is -1.02. The maximum atomic E-state index is 12.8. The predicted octanol–water partition coefficient (Wildman–Crippen LogP) is 3.91. The van der Waals surface area contributed by atoms with Crippen LogP contribution in [0.2, 0.25) is 0 Å². The fourth-order valence-electron chi connectivity index (χ4n) is 5.07. The molecule has 41 heavy (non-hydrogen) atoms. The van der Waals surface area contributed by atoms with E-state index < -0.39 is 23.8 Å². The van der Waals surface area contributed by atoms with Crippen molar-refractivity contribution in [2.45, 2.75) is 18.9 Å². The SMILES string of the molecule is NNC(=O)c1cc(-c2ccc(-c3ccc(-c4cc(C(=O)N5CCC[C@@H]5C(=O)O)on4)cc3)cc2)nc2ccncc12. The first-order valence-electron chi connectivity index (χ1n) is 12.9. The number of hydrogen-bond acceptors (Lipinski definition) is 8. The summed E-state index contributed by atoms with van der Waals surface area (Å²) in [4.78, 5) is 46.7. The number of nitrogens with zero attached hydrogens (tertiary/aromatic N) is 4. The number of hydrazine groups is 1. The minimum absolute atomic E-state index is 0.0125. The van der Waals surface area contributed by atoms with Crippen LogP contribution in [-0.2, 0) is 4.79 Å². The number of pyridine rings is 2. The van der Waals surface area contributed by atoms with Gasteiger partial charge >= 0.3 is 5.97 Å². The van der Waals surface area contributed by atoms with E-state index in [2.05, 4.69) is 20.6 Å². The number of nitrogens with two attached hydrogens (primary N) is 1. The Balaban J connectivity index is 1.21. The van der Waals surface area contributed by atoms with Crippen molar-refractivity contribution in [2.24, 2.45) is 5.84 Å². The minimum Gasteiger partial charge on any atom is -0.480 e. The lowest BCUT2D eigenvalue weighted by molar-refractivity contribution is -0.141. The lowest BCUT2D eigenvalue weighted by Crippen LogP contribution is -2.40. The summed E-state index contributed by atoms with van der Waals surface area (Å²) in [6.45, 7) is 0.373. The topological polar surface area (TPSA) is 165 Å². The predicted molar refractivity (Wildman–Crippen MR) is 149 cm³/mol. The molecule has 1 aliphatic rings. The van der Waals surface area contributed by atoms with Crippen molar-refractivity contribution in [1.82, 2.24) is 25.5 Å². The standard InChI is InChI=1S/C30H24N6O5/c31-34-28(37)21-14-24(33-23-11-12-32-16-22(21)23)19-7-3-17(4-8-19)18-5-9-20(10-6-18)25-15-27(41-35-25)29(38)36-13-1-2-26(36)30(39)40/h3-12,14-16,26H,1-2,13,31H2,(H,34,37)(H,39,40)/t26-/m1/s1. The van der Waals surface area contributed by atoms with Crippen LogP contribution in [0.5, 0.6) is 0 Å². The maximum absolute atomic E-state index is 12.8. The molecule has 0 spiro atoms. The molecule has 4 heterocycles. The van der Waals surface area contributed by atoms with Gasteiger partial charge in [-0.3, -0.25) is 20.0 Å². The number of amides is 2. The molecule has 2 aromatic carbocycles. The molecule has 4 N–H and O–H groups in total. The second kappa shape index (κ2) is 10.6. The van der Waals surface area contributed by atoms with Gasteiger partial charge in [0, 0.05) is 41.5 Å². The molecule has 0 saturated carbocycles. The molecule has 0 unspecified atom stereocenters. The highest BCUT2D eigenvalue weighted by Crippen LogP contribution is 2.29. The van der Waals surface area contributed by atoms with Crippen molar-refractivity contribution < 1.29 is 24.0 Å². The molecule has 0 radical (unpaired) electrons. The Kier molecular flexibility index (Phi) is 6.70. The summed E-state index contributed by atoms with van der Waals surface area (Å²) in [7, 11) is 0. The smallest absolute Gasteiger partial charge is 0.326 e. The van der Waals surface area contributed by atoms with Crippen LogP contribution in [0.1, 0.15) is 33.8 Å². The van der Waals surface area contributed by atoms with Crippen molar-refractivity contribution in [3.63, 3.8) is 0 Å². The van der Waals surface area contributed by atoms with E-state index in [1.807, 2.05) is 48.5 Å². The number of likely N-dealkylation sites (tertiary alicyclic amines) is 1. The molecule has 1 saturated heterocycles. The van der Waals surface area contributed by atoms with Gasteiger partial charge in [-0.25, -0.2) is 15.6 Å². The molecule has 11 heteroatoms. The monoisotopic (exact) mass is 548 g/mol. The van der Waals surface area contributed by atoms with Crippen LogP contribution in [0.15, 0.2) is 83.6 Å². The van der Waals surface area contributed by atoms with Crippen molar-refractivity contribution in [3.8, 4) is 33.6 Å². The van der Waals surface area contributed by atoms with E-state index in [0.717, 1.165) is 22.3 Å². The summed E-state index contributed by atoms with van der Waals surface area (Å²) in [6.07, 6.45) is 4.27. The van der Waals surface area contributed by atoms with Gasteiger partial charge in [-0.1, -0.05) is 53.7 Å². The second-order valence-electron chi connectivity index (χ2n) is 9.65. The third-order valence-electron chi connectivity index (χ3n) is 7.20. The summed E-state index contributed by atoms with van der Waals surface area (Å²) in [5.41, 5.74) is 7.83. The molecule has 1 fully saturated rings. The number of carboxylic acid groups (broad SMARTS) is 1. The first kappa shape index (κ1) is 25.8. The zero-order valence-electron chi connectivity index (χ0n) is 21.7. The normalized spacial score (nSPS) is 14.8. The zero-order chi connectivity index (χ0) is 28.5. The third kappa shape index (κ3) is 4.90. The quantitative estimate of drug-likeness (QED) is 0.162. The van der Waals surface area contributed by atoms with Gasteiger partial charge in [0.2, 0.25) is 5.76 Å². The molecular formula is C30H24N6O5. The van der Waals surface area contributed by atoms with Crippen LogP contribution in [0.3, 0.4) is 0 Å². The van der Waals surface area contributed by atoms with E-state index in [-0.39, 0.29) is 5.76 Å². The Bertz CT molecular complexity index is 1780. The van der Waals surface area contributed by atoms with Gasteiger partial charge in [0.1, 0.15) is 11.7 Å². The van der Waals surface area contributed by atoms with Gasteiger partial charge in [-0.05, 0) is 36.1 Å². The third-order valence-corrected chi connectivity index (χ3v) is 7.20. The van der Waals surface area contributed by atoms with Crippen LogP contribution >= 0.6 is 0 Å². The van der Waals surface area contributed by atoms with Crippen molar-refractivity contribution in [3.05, 3.63) is 90.4 Å². The molecule has 0 aliphatic carbocycles. The van der Waals surface area contributed by atoms with Crippen molar-refractivity contribution in [1.29, 1.82) is 0 Å². The summed E-state index contributed by atoms with van der Waals surface area (Å²) in [5, 5.41) is 14.0. The molecule has 204 valence electrons. The molecule has 3 aromatic heterocycles. The fourth-order valence-corrected chi connectivity index (χ4v) is 5.07. The van der Waals surface area contributed by atoms with Gasteiger partial charge in [0.15, 0.2) is 0 Å². The Hall–Kier alpha value is -5.42. The van der Waals surface area contributed by atoms with Crippen molar-refractivity contribution in [2.75, 3.05) is 6.54 Å². The number of nitrogen functional groups attached to an aromatic ring is 1. The number of fused-ring (bicyclic) bond motifs is 1. The van der Waals surface area contributed by atoms with E-state index in [1.165, 1.54) is 11.0 Å². The molecule has 1 atom stereocenters. The van der Waals surface area contributed by atoms with Crippen LogP contribution in [-0.4, -0.2) is 55.5 Å². The average molecular weight is 549 g/mol. The maximum Gasteiger partial charge on any atom is 0.326 e. The summed E-state index contributed by atoms with van der Waals surface area (Å²) in [5.74, 6) is 3.48. The molecular weight excluding hydrogens is 524 g/mol. The number of carbonyl (C=O) groups excluding carboxylic acids is 2. The number of carbonyl (C=O) groups is 3. The number of aromatic nitrogens is 3. The molecule has 2 amide bonds. The van der Waals surface area contributed by atoms with Gasteiger partial charge in [0.25, 0.3) is 11.8 Å². The highest BCUT2D eigenvalue weighted by Gasteiger charge is 2.36. The molecule has 6 rings (SSSR count). The molecule has 0 bridgehead atoms. The summed E-state index contributed by atoms with van der Waals surface area (Å²) < 4.78 is 5.27. The molecule has 11 nitrogen and oxygen atoms in total. The average Bonchev–Trinajstić information content (AvgIpc) is 3.71.